The third-order valence-electron chi connectivity index (χ3n) is 2.93. The van der Waals surface area contributed by atoms with Crippen molar-refractivity contribution in [3.63, 3.8) is 0 Å². The van der Waals surface area contributed by atoms with Crippen molar-refractivity contribution in [2.24, 2.45) is 0 Å². The molecule has 0 aliphatic rings. The number of carbonyl (C=O) groups is 1. The van der Waals surface area contributed by atoms with E-state index < -0.39 is 0 Å². The van der Waals surface area contributed by atoms with Crippen molar-refractivity contribution in [2.75, 3.05) is 13.6 Å². The molecule has 98 valence electrons. The standard InChI is InChI=1S/C16H18N2O/c1-13-5-3-7-15(9-13)16(19)12-18(2)11-14-6-4-8-17-10-14/h3-10H,11-12H2,1-2H3. The van der Waals surface area contributed by atoms with Crippen LogP contribution in [0.5, 0.6) is 0 Å². The number of ketones is 1. The van der Waals surface area contributed by atoms with Crippen LogP contribution in [0.15, 0.2) is 48.8 Å². The molecule has 2 aromatic rings. The molecule has 0 fully saturated rings. The van der Waals surface area contributed by atoms with E-state index in [4.69, 9.17) is 0 Å². The van der Waals surface area contributed by atoms with Crippen LogP contribution in [0, 0.1) is 6.92 Å². The van der Waals surface area contributed by atoms with Crippen molar-refractivity contribution in [1.82, 2.24) is 9.88 Å². The number of hydrogen-bond donors (Lipinski definition) is 0. The summed E-state index contributed by atoms with van der Waals surface area (Å²) in [7, 11) is 1.95. The number of aryl methyl sites for hydroxylation is 1. The van der Waals surface area contributed by atoms with Crippen molar-refractivity contribution in [3.8, 4) is 0 Å². The van der Waals surface area contributed by atoms with Gasteiger partial charge in [-0.2, -0.15) is 0 Å². The molecule has 0 spiro atoms. The van der Waals surface area contributed by atoms with E-state index in [1.807, 2.05) is 61.5 Å². The first kappa shape index (κ1) is 13.4. The molecule has 1 aromatic heterocycles. The Morgan fingerprint density at radius 3 is 2.79 bits per heavy atom. The van der Waals surface area contributed by atoms with Gasteiger partial charge in [0.25, 0.3) is 0 Å². The number of nitrogens with zero attached hydrogens (tertiary/aromatic N) is 2. The summed E-state index contributed by atoms with van der Waals surface area (Å²) in [5.41, 5.74) is 3.00. The van der Waals surface area contributed by atoms with Gasteiger partial charge in [0.05, 0.1) is 6.54 Å². The first-order valence-electron chi connectivity index (χ1n) is 6.32. The van der Waals surface area contributed by atoms with Crippen LogP contribution in [0.25, 0.3) is 0 Å². The molecule has 0 aliphatic carbocycles. The van der Waals surface area contributed by atoms with Gasteiger partial charge in [0.15, 0.2) is 5.78 Å². The number of pyridine rings is 1. The van der Waals surface area contributed by atoms with Gasteiger partial charge in [0, 0.05) is 24.5 Å². The van der Waals surface area contributed by atoms with Gasteiger partial charge < -0.3 is 0 Å². The number of benzene rings is 1. The van der Waals surface area contributed by atoms with Gasteiger partial charge in [-0.1, -0.05) is 29.8 Å². The molecule has 3 nitrogen and oxygen atoms in total. The maximum atomic E-state index is 12.1. The zero-order valence-corrected chi connectivity index (χ0v) is 11.3. The fraction of sp³-hybridized carbons (Fsp3) is 0.250. The van der Waals surface area contributed by atoms with Crippen LogP contribution >= 0.6 is 0 Å². The molecule has 19 heavy (non-hydrogen) atoms. The fourth-order valence-electron chi connectivity index (χ4n) is 2.01. The average molecular weight is 254 g/mol. The van der Waals surface area contributed by atoms with E-state index in [9.17, 15) is 4.79 Å². The number of aromatic nitrogens is 1. The van der Waals surface area contributed by atoms with Crippen molar-refractivity contribution in [3.05, 3.63) is 65.5 Å². The van der Waals surface area contributed by atoms with Gasteiger partial charge in [0.1, 0.15) is 0 Å². The fourth-order valence-corrected chi connectivity index (χ4v) is 2.01. The highest BCUT2D eigenvalue weighted by molar-refractivity contribution is 5.97. The average Bonchev–Trinajstić information content (AvgIpc) is 2.39. The molecule has 1 aromatic carbocycles. The number of likely N-dealkylation sites (N-methyl/N-ethyl adjacent to an activating group) is 1. The van der Waals surface area contributed by atoms with Crippen molar-refractivity contribution < 1.29 is 4.79 Å². The van der Waals surface area contributed by atoms with E-state index >= 15 is 0 Å². The molecular formula is C16H18N2O. The van der Waals surface area contributed by atoms with E-state index in [2.05, 4.69) is 4.98 Å². The largest absolute Gasteiger partial charge is 0.295 e. The molecule has 0 saturated carbocycles. The second-order valence-electron chi connectivity index (χ2n) is 4.83. The third-order valence-corrected chi connectivity index (χ3v) is 2.93. The molecule has 0 radical (unpaired) electrons. The van der Waals surface area contributed by atoms with E-state index in [0.29, 0.717) is 6.54 Å². The molecule has 0 bridgehead atoms. The Kier molecular flexibility index (Phi) is 4.42. The van der Waals surface area contributed by atoms with Gasteiger partial charge in [-0.15, -0.1) is 0 Å². The molecular weight excluding hydrogens is 236 g/mol. The Morgan fingerprint density at radius 1 is 1.26 bits per heavy atom. The highest BCUT2D eigenvalue weighted by atomic mass is 16.1. The molecule has 0 aliphatic heterocycles. The monoisotopic (exact) mass is 254 g/mol. The second kappa shape index (κ2) is 6.25. The summed E-state index contributed by atoms with van der Waals surface area (Å²) < 4.78 is 0. The van der Waals surface area contributed by atoms with E-state index in [1.54, 1.807) is 6.20 Å². The molecule has 0 unspecified atom stereocenters. The maximum Gasteiger partial charge on any atom is 0.176 e. The maximum absolute atomic E-state index is 12.1. The second-order valence-corrected chi connectivity index (χ2v) is 4.83. The Bertz CT molecular complexity index is 552. The van der Waals surface area contributed by atoms with Crippen LogP contribution in [0.3, 0.4) is 0 Å². The van der Waals surface area contributed by atoms with Gasteiger partial charge >= 0.3 is 0 Å². The van der Waals surface area contributed by atoms with Crippen molar-refractivity contribution in [2.45, 2.75) is 13.5 Å². The summed E-state index contributed by atoms with van der Waals surface area (Å²) >= 11 is 0. The molecule has 0 N–H and O–H groups in total. The summed E-state index contributed by atoms with van der Waals surface area (Å²) in [6.07, 6.45) is 3.58. The smallest absolute Gasteiger partial charge is 0.176 e. The first-order chi connectivity index (χ1) is 9.15. The SMILES string of the molecule is Cc1cccc(C(=O)CN(C)Cc2cccnc2)c1. The summed E-state index contributed by atoms with van der Waals surface area (Å²) in [6, 6.07) is 11.6. The lowest BCUT2D eigenvalue weighted by Crippen LogP contribution is -2.25. The summed E-state index contributed by atoms with van der Waals surface area (Å²) in [6.45, 7) is 3.14. The minimum absolute atomic E-state index is 0.148. The Hall–Kier alpha value is -2.00. The lowest BCUT2D eigenvalue weighted by Gasteiger charge is -2.15. The lowest BCUT2D eigenvalue weighted by molar-refractivity contribution is 0.0943. The Labute approximate surface area is 113 Å². The summed E-state index contributed by atoms with van der Waals surface area (Å²) in [4.78, 5) is 18.2. The minimum atomic E-state index is 0.148. The Morgan fingerprint density at radius 2 is 2.11 bits per heavy atom. The normalized spacial score (nSPS) is 10.7. The van der Waals surface area contributed by atoms with Gasteiger partial charge in [-0.3, -0.25) is 14.7 Å². The minimum Gasteiger partial charge on any atom is -0.295 e. The van der Waals surface area contributed by atoms with Crippen LogP contribution in [0.2, 0.25) is 0 Å². The lowest BCUT2D eigenvalue weighted by atomic mass is 10.1. The summed E-state index contributed by atoms with van der Waals surface area (Å²) in [5.74, 6) is 0.148. The molecule has 3 heteroatoms. The Balaban J connectivity index is 1.95. The van der Waals surface area contributed by atoms with Crippen LogP contribution in [-0.4, -0.2) is 29.3 Å². The molecule has 0 amide bonds. The number of Topliss-reactive ketones (excluding diaryl/α,β-unsaturated/α-hetero) is 1. The number of carbonyl (C=O) groups excluding carboxylic acids is 1. The van der Waals surface area contributed by atoms with Crippen LogP contribution < -0.4 is 0 Å². The van der Waals surface area contributed by atoms with Crippen LogP contribution in [0.1, 0.15) is 21.5 Å². The van der Waals surface area contributed by atoms with Gasteiger partial charge in [-0.05, 0) is 31.7 Å². The molecule has 0 saturated heterocycles. The quantitative estimate of drug-likeness (QED) is 0.769. The molecule has 0 atom stereocenters. The number of rotatable bonds is 5. The zero-order chi connectivity index (χ0) is 13.7. The third kappa shape index (κ3) is 4.00. The van der Waals surface area contributed by atoms with Gasteiger partial charge in [-0.25, -0.2) is 0 Å². The van der Waals surface area contributed by atoms with Crippen LogP contribution in [0.4, 0.5) is 0 Å². The van der Waals surface area contributed by atoms with E-state index in [0.717, 1.165) is 23.2 Å². The predicted molar refractivity (Wildman–Crippen MR) is 76.1 cm³/mol. The van der Waals surface area contributed by atoms with E-state index in [1.165, 1.54) is 0 Å². The van der Waals surface area contributed by atoms with Crippen LogP contribution in [-0.2, 0) is 6.54 Å². The number of hydrogen-bond acceptors (Lipinski definition) is 3. The van der Waals surface area contributed by atoms with E-state index in [-0.39, 0.29) is 5.78 Å². The predicted octanol–water partition coefficient (Wildman–Crippen LogP) is 2.70. The van der Waals surface area contributed by atoms with Crippen molar-refractivity contribution >= 4 is 5.78 Å². The molecule has 2 rings (SSSR count). The summed E-state index contributed by atoms with van der Waals surface area (Å²) in [5, 5.41) is 0. The highest BCUT2D eigenvalue weighted by Crippen LogP contribution is 2.07. The first-order valence-corrected chi connectivity index (χ1v) is 6.32. The molecule has 1 heterocycles. The highest BCUT2D eigenvalue weighted by Gasteiger charge is 2.09. The zero-order valence-electron chi connectivity index (χ0n) is 11.3. The topological polar surface area (TPSA) is 33.2 Å². The van der Waals surface area contributed by atoms with Gasteiger partial charge in [0.2, 0.25) is 0 Å². The van der Waals surface area contributed by atoms with Crippen molar-refractivity contribution in [1.29, 1.82) is 0 Å².